The molecule has 1 aliphatic rings. The number of nitrogens with one attached hydrogen (secondary N) is 1. The molecule has 2 heterocycles. The first-order chi connectivity index (χ1) is 13.7. The predicted molar refractivity (Wildman–Crippen MR) is 113 cm³/mol. The fourth-order valence-corrected chi connectivity index (χ4v) is 5.11. The molecule has 156 valence electrons. The van der Waals surface area contributed by atoms with Gasteiger partial charge in [-0.1, -0.05) is 23.2 Å². The van der Waals surface area contributed by atoms with Crippen molar-refractivity contribution in [1.29, 1.82) is 0 Å². The molecule has 1 aromatic heterocycles. The Bertz CT molecular complexity index is 1020. The van der Waals surface area contributed by atoms with Crippen molar-refractivity contribution < 1.29 is 17.9 Å². The van der Waals surface area contributed by atoms with E-state index in [9.17, 15) is 13.2 Å². The molecule has 1 aromatic carbocycles. The second-order valence-corrected chi connectivity index (χ2v) is 9.22. The Kier molecular flexibility index (Phi) is 6.65. The molecule has 0 bridgehead atoms. The number of anilines is 2. The lowest BCUT2D eigenvalue weighted by atomic mass is 10.2. The van der Waals surface area contributed by atoms with Gasteiger partial charge >= 0.3 is 0 Å². The van der Waals surface area contributed by atoms with Crippen molar-refractivity contribution in [3.05, 3.63) is 46.1 Å². The van der Waals surface area contributed by atoms with Crippen LogP contribution in [0.25, 0.3) is 0 Å². The molecule has 29 heavy (non-hydrogen) atoms. The molecule has 1 amide bonds. The number of pyridine rings is 1. The normalized spacial score (nSPS) is 15.2. The van der Waals surface area contributed by atoms with Crippen molar-refractivity contribution in [3.63, 3.8) is 0 Å². The number of ether oxygens (including phenoxy) is 1. The van der Waals surface area contributed by atoms with Gasteiger partial charge in [-0.2, -0.15) is 4.31 Å². The number of carbonyl (C=O) groups is 1. The van der Waals surface area contributed by atoms with Crippen LogP contribution in [0.5, 0.6) is 0 Å². The number of rotatable bonds is 5. The zero-order valence-corrected chi connectivity index (χ0v) is 18.2. The SMILES string of the molecule is CN(C)c1ncccc1NC(=O)c1cc(S(=O)(=O)N2CCOCC2)c(Cl)cc1Cl. The topological polar surface area (TPSA) is 91.8 Å². The summed E-state index contributed by atoms with van der Waals surface area (Å²) in [6, 6.07) is 5.84. The second-order valence-electron chi connectivity index (χ2n) is 6.50. The highest BCUT2D eigenvalue weighted by molar-refractivity contribution is 7.89. The van der Waals surface area contributed by atoms with E-state index in [1.807, 2.05) is 0 Å². The van der Waals surface area contributed by atoms with Gasteiger partial charge in [-0.15, -0.1) is 0 Å². The lowest BCUT2D eigenvalue weighted by Gasteiger charge is -2.26. The van der Waals surface area contributed by atoms with E-state index in [0.717, 1.165) is 0 Å². The van der Waals surface area contributed by atoms with E-state index in [4.69, 9.17) is 27.9 Å². The zero-order valence-electron chi connectivity index (χ0n) is 15.9. The third kappa shape index (κ3) is 4.65. The molecule has 3 rings (SSSR count). The van der Waals surface area contributed by atoms with Crippen LogP contribution in [0.3, 0.4) is 0 Å². The summed E-state index contributed by atoms with van der Waals surface area (Å²) in [5.74, 6) is -0.0201. The van der Waals surface area contributed by atoms with Crippen molar-refractivity contribution in [2.75, 3.05) is 50.6 Å². The van der Waals surface area contributed by atoms with Crippen LogP contribution in [0.1, 0.15) is 10.4 Å². The maximum absolute atomic E-state index is 13.0. The molecule has 0 aliphatic carbocycles. The molecule has 11 heteroatoms. The first-order valence-corrected chi connectivity index (χ1v) is 10.9. The number of hydrogen-bond acceptors (Lipinski definition) is 6. The highest BCUT2D eigenvalue weighted by Crippen LogP contribution is 2.32. The molecule has 1 fully saturated rings. The Morgan fingerprint density at radius 2 is 1.90 bits per heavy atom. The molecule has 1 saturated heterocycles. The van der Waals surface area contributed by atoms with Crippen molar-refractivity contribution in [1.82, 2.24) is 9.29 Å². The predicted octanol–water partition coefficient (Wildman–Crippen LogP) is 2.73. The first-order valence-electron chi connectivity index (χ1n) is 8.72. The molecule has 0 unspecified atom stereocenters. The molecular weight excluding hydrogens is 439 g/mol. The maximum atomic E-state index is 13.0. The Balaban J connectivity index is 1.96. The fraction of sp³-hybridized carbons (Fsp3) is 0.333. The maximum Gasteiger partial charge on any atom is 0.257 e. The van der Waals surface area contributed by atoms with E-state index in [2.05, 4.69) is 10.3 Å². The Morgan fingerprint density at radius 3 is 2.55 bits per heavy atom. The average Bonchev–Trinajstić information content (AvgIpc) is 2.68. The highest BCUT2D eigenvalue weighted by atomic mass is 35.5. The van der Waals surface area contributed by atoms with Crippen LogP contribution >= 0.6 is 23.2 Å². The molecule has 0 radical (unpaired) electrons. The third-order valence-electron chi connectivity index (χ3n) is 4.31. The summed E-state index contributed by atoms with van der Waals surface area (Å²) in [6.45, 7) is 1.02. The summed E-state index contributed by atoms with van der Waals surface area (Å²) in [6.07, 6.45) is 1.60. The molecule has 0 saturated carbocycles. The number of halogens is 2. The largest absolute Gasteiger partial charge is 0.379 e. The van der Waals surface area contributed by atoms with E-state index in [0.29, 0.717) is 24.7 Å². The van der Waals surface area contributed by atoms with E-state index in [1.165, 1.54) is 16.4 Å². The fourth-order valence-electron chi connectivity index (χ4n) is 2.87. The smallest absolute Gasteiger partial charge is 0.257 e. The first kappa shape index (κ1) is 21.8. The average molecular weight is 459 g/mol. The number of nitrogens with zero attached hydrogens (tertiary/aromatic N) is 3. The van der Waals surface area contributed by atoms with Crippen LogP contribution in [0.15, 0.2) is 35.4 Å². The molecule has 1 aliphatic heterocycles. The number of aromatic nitrogens is 1. The van der Waals surface area contributed by atoms with E-state index in [-0.39, 0.29) is 33.6 Å². The summed E-state index contributed by atoms with van der Waals surface area (Å²) in [4.78, 5) is 18.7. The molecule has 0 atom stereocenters. The van der Waals surface area contributed by atoms with Crippen molar-refractivity contribution in [3.8, 4) is 0 Å². The van der Waals surface area contributed by atoms with Gasteiger partial charge in [0.05, 0.1) is 34.5 Å². The van der Waals surface area contributed by atoms with Crippen LogP contribution < -0.4 is 10.2 Å². The molecular formula is C18H20Cl2N4O4S. The molecule has 1 N–H and O–H groups in total. The summed E-state index contributed by atoms with van der Waals surface area (Å²) in [5.41, 5.74) is 0.461. The lowest BCUT2D eigenvalue weighted by molar-refractivity contribution is 0.0730. The zero-order chi connectivity index (χ0) is 21.2. The van der Waals surface area contributed by atoms with Crippen LogP contribution in [-0.2, 0) is 14.8 Å². The minimum absolute atomic E-state index is 0.00328. The van der Waals surface area contributed by atoms with Gasteiger partial charge in [0.2, 0.25) is 10.0 Å². The van der Waals surface area contributed by atoms with Crippen molar-refractivity contribution in [2.45, 2.75) is 4.90 Å². The summed E-state index contributed by atoms with van der Waals surface area (Å²) in [7, 11) is -0.314. The van der Waals surface area contributed by atoms with Gasteiger partial charge in [-0.05, 0) is 24.3 Å². The highest BCUT2D eigenvalue weighted by Gasteiger charge is 2.30. The quantitative estimate of drug-likeness (QED) is 0.740. The van der Waals surface area contributed by atoms with Gasteiger partial charge < -0.3 is 15.0 Å². The second kappa shape index (κ2) is 8.85. The molecule has 2 aromatic rings. The Hall–Kier alpha value is -1.91. The van der Waals surface area contributed by atoms with Gasteiger partial charge in [-0.25, -0.2) is 13.4 Å². The Morgan fingerprint density at radius 1 is 1.21 bits per heavy atom. The number of benzene rings is 1. The number of hydrogen-bond donors (Lipinski definition) is 1. The van der Waals surface area contributed by atoms with E-state index >= 15 is 0 Å². The summed E-state index contributed by atoms with van der Waals surface area (Å²) in [5, 5.41) is 2.72. The van der Waals surface area contributed by atoms with Crippen LogP contribution in [-0.4, -0.2) is 64.0 Å². The van der Waals surface area contributed by atoms with Gasteiger partial charge in [0.25, 0.3) is 5.91 Å². The summed E-state index contributed by atoms with van der Waals surface area (Å²) < 4.78 is 32.5. The van der Waals surface area contributed by atoms with Gasteiger partial charge in [0, 0.05) is 33.4 Å². The monoisotopic (exact) mass is 458 g/mol. The number of sulfonamides is 1. The van der Waals surface area contributed by atoms with Gasteiger partial charge in [0.15, 0.2) is 5.82 Å². The number of morpholine rings is 1. The third-order valence-corrected chi connectivity index (χ3v) is 6.99. The van der Waals surface area contributed by atoms with Crippen LogP contribution in [0.2, 0.25) is 10.0 Å². The lowest BCUT2D eigenvalue weighted by Crippen LogP contribution is -2.40. The van der Waals surface area contributed by atoms with Crippen molar-refractivity contribution >= 4 is 50.6 Å². The van der Waals surface area contributed by atoms with E-state index in [1.54, 1.807) is 37.3 Å². The molecule has 0 spiro atoms. The standard InChI is InChI=1S/C18H20Cl2N4O4S/c1-23(2)17-15(4-3-5-21-17)22-18(25)12-10-16(14(20)11-13(12)19)29(26,27)24-6-8-28-9-7-24/h3-5,10-11H,6-9H2,1-2H3,(H,22,25). The Labute approximate surface area is 179 Å². The van der Waals surface area contributed by atoms with Crippen LogP contribution in [0.4, 0.5) is 11.5 Å². The summed E-state index contributed by atoms with van der Waals surface area (Å²) >= 11 is 12.4. The van der Waals surface area contributed by atoms with Gasteiger partial charge in [0.1, 0.15) is 4.90 Å². The molecule has 8 nitrogen and oxygen atoms in total. The van der Waals surface area contributed by atoms with Crippen molar-refractivity contribution in [2.24, 2.45) is 0 Å². The van der Waals surface area contributed by atoms with E-state index < -0.39 is 15.9 Å². The number of amides is 1. The minimum Gasteiger partial charge on any atom is -0.379 e. The minimum atomic E-state index is -3.90. The van der Waals surface area contributed by atoms with Crippen LogP contribution in [0, 0.1) is 0 Å². The van der Waals surface area contributed by atoms with Gasteiger partial charge in [-0.3, -0.25) is 4.79 Å². The number of carbonyl (C=O) groups excluding carboxylic acids is 1.